The summed E-state index contributed by atoms with van der Waals surface area (Å²) in [7, 11) is -1.57. The van der Waals surface area contributed by atoms with E-state index in [2.05, 4.69) is 20.4 Å². The Labute approximate surface area is 169 Å². The number of ether oxygens (including phenoxy) is 1. The molecule has 11 heteroatoms. The summed E-state index contributed by atoms with van der Waals surface area (Å²) < 4.78 is 55.0. The van der Waals surface area contributed by atoms with Crippen LogP contribution in [0.15, 0.2) is 23.2 Å². The SMILES string of the molecule is CCS(=O)(=O)N1CCC(NC(=NC)NCc2cc(Cl)ccc2OC(F)F)CC1. The minimum absolute atomic E-state index is 0.0421. The number of sulfonamides is 1. The first kappa shape index (κ1) is 22.6. The summed E-state index contributed by atoms with van der Waals surface area (Å²) >= 11 is 5.95. The molecule has 0 atom stereocenters. The standard InChI is InChI=1S/C17H25ClF2N4O3S/c1-3-28(25,26)24-8-6-14(7-9-24)23-17(21-2)22-11-12-10-13(18)4-5-15(12)27-16(19)20/h4-5,10,14,16H,3,6-9,11H2,1-2H3,(H2,21,22,23). The van der Waals surface area contributed by atoms with Crippen LogP contribution in [-0.2, 0) is 16.6 Å². The summed E-state index contributed by atoms with van der Waals surface area (Å²) in [6, 6.07) is 4.48. The summed E-state index contributed by atoms with van der Waals surface area (Å²) in [6.07, 6.45) is 1.30. The fourth-order valence-electron chi connectivity index (χ4n) is 2.92. The van der Waals surface area contributed by atoms with Crippen molar-refractivity contribution in [2.45, 2.75) is 39.0 Å². The predicted octanol–water partition coefficient (Wildman–Crippen LogP) is 2.42. The van der Waals surface area contributed by atoms with Crippen LogP contribution in [0.1, 0.15) is 25.3 Å². The molecule has 0 aromatic heterocycles. The molecule has 0 unspecified atom stereocenters. The zero-order valence-corrected chi connectivity index (χ0v) is 17.4. The molecule has 1 aliphatic heterocycles. The molecule has 0 bridgehead atoms. The predicted molar refractivity (Wildman–Crippen MR) is 105 cm³/mol. The molecule has 0 saturated carbocycles. The number of rotatable bonds is 7. The maximum Gasteiger partial charge on any atom is 0.387 e. The topological polar surface area (TPSA) is 83.0 Å². The lowest BCUT2D eigenvalue weighted by molar-refractivity contribution is -0.0504. The van der Waals surface area contributed by atoms with Crippen molar-refractivity contribution in [1.82, 2.24) is 14.9 Å². The lowest BCUT2D eigenvalue weighted by atomic mass is 10.1. The van der Waals surface area contributed by atoms with Gasteiger partial charge in [-0.3, -0.25) is 4.99 Å². The summed E-state index contributed by atoms with van der Waals surface area (Å²) in [4.78, 5) is 4.13. The molecular weight excluding hydrogens is 414 g/mol. The van der Waals surface area contributed by atoms with Crippen LogP contribution in [0, 0.1) is 0 Å². The first-order chi connectivity index (χ1) is 13.2. The van der Waals surface area contributed by atoms with Crippen LogP contribution in [0.2, 0.25) is 5.02 Å². The summed E-state index contributed by atoms with van der Waals surface area (Å²) in [5, 5.41) is 6.69. The number of alkyl halides is 2. The van der Waals surface area contributed by atoms with Crippen molar-refractivity contribution in [1.29, 1.82) is 0 Å². The van der Waals surface area contributed by atoms with Crippen molar-refractivity contribution in [3.05, 3.63) is 28.8 Å². The van der Waals surface area contributed by atoms with Crippen LogP contribution in [0.5, 0.6) is 5.75 Å². The Balaban J connectivity index is 1.92. The molecule has 1 fully saturated rings. The molecule has 0 radical (unpaired) electrons. The Morgan fingerprint density at radius 3 is 2.64 bits per heavy atom. The van der Waals surface area contributed by atoms with Gasteiger partial charge in [0.2, 0.25) is 10.0 Å². The van der Waals surface area contributed by atoms with Crippen molar-refractivity contribution in [2.75, 3.05) is 25.9 Å². The van der Waals surface area contributed by atoms with E-state index in [-0.39, 0.29) is 24.1 Å². The summed E-state index contributed by atoms with van der Waals surface area (Å²) in [6.45, 7) is -0.211. The molecule has 1 aliphatic rings. The highest BCUT2D eigenvalue weighted by Gasteiger charge is 2.27. The molecule has 28 heavy (non-hydrogen) atoms. The Morgan fingerprint density at radius 2 is 2.07 bits per heavy atom. The number of hydrogen-bond acceptors (Lipinski definition) is 4. The number of nitrogens with one attached hydrogen (secondary N) is 2. The van der Waals surface area contributed by atoms with E-state index in [1.165, 1.54) is 16.4 Å². The Kier molecular flexibility index (Phi) is 8.26. The summed E-state index contributed by atoms with van der Waals surface area (Å²) in [5.74, 6) is 0.622. The molecule has 0 amide bonds. The van der Waals surface area contributed by atoms with Crippen LogP contribution in [0.25, 0.3) is 0 Å². The number of nitrogens with zero attached hydrogens (tertiary/aromatic N) is 2. The van der Waals surface area contributed by atoms with Crippen molar-refractivity contribution in [3.63, 3.8) is 0 Å². The Bertz CT molecular complexity index is 785. The van der Waals surface area contributed by atoms with Gasteiger partial charge in [-0.25, -0.2) is 12.7 Å². The average Bonchev–Trinajstić information content (AvgIpc) is 2.67. The zero-order valence-electron chi connectivity index (χ0n) is 15.8. The molecule has 1 saturated heterocycles. The fraction of sp³-hybridized carbons (Fsp3) is 0.588. The van der Waals surface area contributed by atoms with Gasteiger partial charge >= 0.3 is 6.61 Å². The van der Waals surface area contributed by atoms with Crippen molar-refractivity contribution in [2.24, 2.45) is 4.99 Å². The number of guanidine groups is 1. The highest BCUT2D eigenvalue weighted by Crippen LogP contribution is 2.24. The molecular formula is C17H25ClF2N4O3S. The third-order valence-electron chi connectivity index (χ3n) is 4.46. The number of benzene rings is 1. The Hall–Kier alpha value is -1.65. The highest BCUT2D eigenvalue weighted by molar-refractivity contribution is 7.89. The summed E-state index contributed by atoms with van der Waals surface area (Å²) in [5.41, 5.74) is 0.472. The quantitative estimate of drug-likeness (QED) is 0.504. The third-order valence-corrected chi connectivity index (χ3v) is 6.58. The molecule has 1 aromatic carbocycles. The second-order valence-corrected chi connectivity index (χ2v) is 8.97. The molecule has 7 nitrogen and oxygen atoms in total. The van der Waals surface area contributed by atoms with Crippen molar-refractivity contribution < 1.29 is 21.9 Å². The number of hydrogen-bond donors (Lipinski definition) is 2. The molecule has 1 heterocycles. The van der Waals surface area contributed by atoms with Gasteiger partial charge in [-0.1, -0.05) is 11.6 Å². The molecule has 2 N–H and O–H groups in total. The fourth-order valence-corrected chi connectivity index (χ4v) is 4.25. The number of piperidine rings is 1. The molecule has 158 valence electrons. The van der Waals surface area contributed by atoms with Gasteiger partial charge in [0.05, 0.1) is 5.75 Å². The monoisotopic (exact) mass is 438 g/mol. The van der Waals surface area contributed by atoms with Gasteiger partial charge in [0.15, 0.2) is 5.96 Å². The minimum atomic E-state index is -3.17. The molecule has 0 spiro atoms. The van der Waals surface area contributed by atoms with E-state index < -0.39 is 16.6 Å². The average molecular weight is 439 g/mol. The second kappa shape index (κ2) is 10.2. The van der Waals surface area contributed by atoms with E-state index in [9.17, 15) is 17.2 Å². The van der Waals surface area contributed by atoms with Crippen LogP contribution in [0.3, 0.4) is 0 Å². The van der Waals surface area contributed by atoms with E-state index >= 15 is 0 Å². The van der Waals surface area contributed by atoms with Gasteiger partial charge in [0.1, 0.15) is 5.75 Å². The van der Waals surface area contributed by atoms with Crippen molar-refractivity contribution in [3.8, 4) is 5.75 Å². The van der Waals surface area contributed by atoms with E-state index in [4.69, 9.17) is 11.6 Å². The smallest absolute Gasteiger partial charge is 0.387 e. The maximum atomic E-state index is 12.6. The van der Waals surface area contributed by atoms with E-state index in [1.54, 1.807) is 20.0 Å². The molecule has 0 aliphatic carbocycles. The van der Waals surface area contributed by atoms with Gasteiger partial charge in [0.25, 0.3) is 0 Å². The third kappa shape index (κ3) is 6.46. The van der Waals surface area contributed by atoms with Gasteiger partial charge in [-0.2, -0.15) is 8.78 Å². The van der Waals surface area contributed by atoms with Crippen LogP contribution in [-0.4, -0.2) is 57.2 Å². The largest absolute Gasteiger partial charge is 0.434 e. The van der Waals surface area contributed by atoms with Gasteiger partial charge in [0, 0.05) is 43.3 Å². The zero-order chi connectivity index (χ0) is 20.7. The van der Waals surface area contributed by atoms with Crippen molar-refractivity contribution >= 4 is 27.6 Å². The van der Waals surface area contributed by atoms with Gasteiger partial charge in [-0.05, 0) is 38.0 Å². The normalized spacial score (nSPS) is 17.0. The first-order valence-corrected chi connectivity index (χ1v) is 10.9. The minimum Gasteiger partial charge on any atom is -0.434 e. The van der Waals surface area contributed by atoms with E-state index in [0.717, 1.165) is 0 Å². The number of aliphatic imine (C=N–C) groups is 1. The van der Waals surface area contributed by atoms with Crippen LogP contribution < -0.4 is 15.4 Å². The lowest BCUT2D eigenvalue weighted by Crippen LogP contribution is -2.49. The van der Waals surface area contributed by atoms with E-state index in [0.29, 0.717) is 42.5 Å². The first-order valence-electron chi connectivity index (χ1n) is 8.93. The molecule has 1 aromatic rings. The van der Waals surface area contributed by atoms with Gasteiger partial charge in [-0.15, -0.1) is 0 Å². The molecule has 2 rings (SSSR count). The van der Waals surface area contributed by atoms with Crippen LogP contribution >= 0.6 is 11.6 Å². The van der Waals surface area contributed by atoms with Gasteiger partial charge < -0.3 is 15.4 Å². The van der Waals surface area contributed by atoms with Crippen LogP contribution in [0.4, 0.5) is 8.78 Å². The lowest BCUT2D eigenvalue weighted by Gasteiger charge is -2.32. The highest BCUT2D eigenvalue weighted by atomic mass is 35.5. The Morgan fingerprint density at radius 1 is 1.39 bits per heavy atom. The number of halogens is 3. The van der Waals surface area contributed by atoms with E-state index in [1.807, 2.05) is 0 Å². The second-order valence-electron chi connectivity index (χ2n) is 6.27. The maximum absolute atomic E-state index is 12.6.